The molecule has 3 N–H and O–H groups in total. The van der Waals surface area contributed by atoms with Gasteiger partial charge < -0.3 is 15.3 Å². The van der Waals surface area contributed by atoms with Crippen LogP contribution in [0.4, 0.5) is 17.2 Å². The van der Waals surface area contributed by atoms with E-state index in [0.717, 1.165) is 20.1 Å². The number of nitrogens with zero attached hydrogens (tertiary/aromatic N) is 7. The highest BCUT2D eigenvalue weighted by atomic mass is 16.4. The molecule has 0 radical (unpaired) electrons. The van der Waals surface area contributed by atoms with Crippen LogP contribution in [0.25, 0.3) is 10.5 Å². The minimum Gasteiger partial charge on any atom is -0.492 e. The summed E-state index contributed by atoms with van der Waals surface area (Å²) in [5.74, 6) is -3.34. The summed E-state index contributed by atoms with van der Waals surface area (Å²) in [5.41, 5.74) is -2.03. The smallest absolute Gasteiger partial charge is 0.335 e. The number of carboxylic acids is 2. The van der Waals surface area contributed by atoms with Crippen molar-refractivity contribution in [1.82, 2.24) is 19.1 Å². The average Bonchev–Trinajstić information content (AvgIpc) is 3.23. The number of rotatable bonds is 5. The second kappa shape index (κ2) is 8.32. The summed E-state index contributed by atoms with van der Waals surface area (Å²) in [6.07, 6.45) is 0. The number of carboxylic acid groups (broad SMARTS) is 2. The van der Waals surface area contributed by atoms with Crippen molar-refractivity contribution in [3.8, 4) is 11.6 Å². The first-order chi connectivity index (χ1) is 15.8. The lowest BCUT2D eigenvalue weighted by atomic mass is 9.91. The summed E-state index contributed by atoms with van der Waals surface area (Å²) in [6, 6.07) is 3.35. The Bertz CT molecular complexity index is 1430. The summed E-state index contributed by atoms with van der Waals surface area (Å²) in [5, 5.41) is 41.3. The zero-order chi connectivity index (χ0) is 25.5. The molecule has 0 aliphatic heterocycles. The average molecular weight is 467 g/mol. The van der Waals surface area contributed by atoms with Crippen LogP contribution in [-0.4, -0.2) is 46.4 Å². The molecule has 0 atom stereocenters. The monoisotopic (exact) mass is 467 g/mol. The number of aromatic hydroxyl groups is 1. The molecule has 3 aromatic rings. The third-order valence-corrected chi connectivity index (χ3v) is 5.02. The van der Waals surface area contributed by atoms with E-state index >= 15 is 0 Å². The molecule has 0 amide bonds. The van der Waals surface area contributed by atoms with E-state index < -0.39 is 28.8 Å². The second-order valence-corrected chi connectivity index (χ2v) is 8.40. The lowest BCUT2D eigenvalue weighted by Crippen LogP contribution is -2.16. The zero-order valence-electron chi connectivity index (χ0n) is 18.9. The molecule has 34 heavy (non-hydrogen) atoms. The van der Waals surface area contributed by atoms with Crippen LogP contribution < -0.4 is 5.56 Å². The largest absolute Gasteiger partial charge is 0.492 e. The predicted molar refractivity (Wildman–Crippen MR) is 119 cm³/mol. The van der Waals surface area contributed by atoms with Crippen molar-refractivity contribution in [3.63, 3.8) is 0 Å². The van der Waals surface area contributed by atoms with Gasteiger partial charge in [0.1, 0.15) is 0 Å². The van der Waals surface area contributed by atoms with Crippen LogP contribution in [0.3, 0.4) is 0 Å². The Labute approximate surface area is 192 Å². The molecule has 2 heterocycles. The fourth-order valence-electron chi connectivity index (χ4n) is 3.12. The first-order valence-corrected chi connectivity index (χ1v) is 9.77. The molecule has 1 aromatic carbocycles. The van der Waals surface area contributed by atoms with E-state index in [1.54, 1.807) is 20.8 Å². The van der Waals surface area contributed by atoms with Crippen molar-refractivity contribution in [3.05, 3.63) is 56.8 Å². The molecule has 2 aromatic heterocycles. The molecular weight excluding hydrogens is 446 g/mol. The molecule has 176 valence electrons. The van der Waals surface area contributed by atoms with Gasteiger partial charge in [-0.1, -0.05) is 20.8 Å². The van der Waals surface area contributed by atoms with E-state index in [0.29, 0.717) is 5.69 Å². The fourth-order valence-corrected chi connectivity index (χ4v) is 3.12. The molecule has 3 rings (SSSR count). The summed E-state index contributed by atoms with van der Waals surface area (Å²) >= 11 is 0. The summed E-state index contributed by atoms with van der Waals surface area (Å²) < 4.78 is 3.35. The van der Waals surface area contributed by atoms with Crippen LogP contribution in [0, 0.1) is 6.57 Å². The van der Waals surface area contributed by atoms with Crippen LogP contribution in [0.5, 0.6) is 5.88 Å². The Hall–Kier alpha value is -4.73. The summed E-state index contributed by atoms with van der Waals surface area (Å²) in [7, 11) is 2.85. The summed E-state index contributed by atoms with van der Waals surface area (Å²) in [4.78, 5) is 39.0. The van der Waals surface area contributed by atoms with Gasteiger partial charge in [-0.15, -0.1) is 10.2 Å². The van der Waals surface area contributed by atoms with Crippen LogP contribution in [0.15, 0.2) is 33.2 Å². The number of aromatic nitrogens is 4. The van der Waals surface area contributed by atoms with Gasteiger partial charge >= 0.3 is 11.9 Å². The molecule has 0 unspecified atom stereocenters. The molecule has 13 nitrogen and oxygen atoms in total. The lowest BCUT2D eigenvalue weighted by Gasteiger charge is -2.15. The van der Waals surface area contributed by atoms with Gasteiger partial charge in [0.05, 0.1) is 29.1 Å². The van der Waals surface area contributed by atoms with E-state index in [9.17, 15) is 29.7 Å². The molecule has 0 bridgehead atoms. The van der Waals surface area contributed by atoms with Gasteiger partial charge in [0.25, 0.3) is 11.2 Å². The van der Waals surface area contributed by atoms with Gasteiger partial charge in [-0.25, -0.2) is 23.8 Å². The SMILES string of the molecule is [C-]#[N+]c1c(C(C)(C)C)nn(-c2cc(C(=O)O)cc(C(=O)O)c2)c1N=Nc1c(O)n(C)n(C)c1=O. The highest BCUT2D eigenvalue weighted by Gasteiger charge is 2.29. The normalized spacial score (nSPS) is 11.6. The Kier molecular flexibility index (Phi) is 5.85. The third-order valence-electron chi connectivity index (χ3n) is 5.02. The highest BCUT2D eigenvalue weighted by Crippen LogP contribution is 2.41. The lowest BCUT2D eigenvalue weighted by molar-refractivity contribution is 0.0696. The zero-order valence-corrected chi connectivity index (χ0v) is 18.9. The number of hydrogen-bond donors (Lipinski definition) is 3. The van der Waals surface area contributed by atoms with Gasteiger partial charge in [0.2, 0.25) is 11.6 Å². The first-order valence-electron chi connectivity index (χ1n) is 9.77. The van der Waals surface area contributed by atoms with Crippen molar-refractivity contribution in [1.29, 1.82) is 0 Å². The number of azo groups is 1. The molecule has 0 saturated carbocycles. The van der Waals surface area contributed by atoms with Gasteiger partial charge in [0, 0.05) is 14.1 Å². The van der Waals surface area contributed by atoms with E-state index in [-0.39, 0.29) is 34.0 Å². The first kappa shape index (κ1) is 23.9. The quantitative estimate of drug-likeness (QED) is 0.382. The Morgan fingerprint density at radius 2 is 1.59 bits per heavy atom. The summed E-state index contributed by atoms with van der Waals surface area (Å²) in [6.45, 7) is 13.1. The number of hydrogen-bond acceptors (Lipinski definition) is 7. The van der Waals surface area contributed by atoms with Crippen molar-refractivity contribution in [2.45, 2.75) is 26.2 Å². The Balaban J connectivity index is 2.36. The Morgan fingerprint density at radius 1 is 1.03 bits per heavy atom. The second-order valence-electron chi connectivity index (χ2n) is 8.40. The topological polar surface area (TPSA) is 169 Å². The van der Waals surface area contributed by atoms with E-state index in [1.807, 2.05) is 0 Å². The Morgan fingerprint density at radius 3 is 2.00 bits per heavy atom. The number of carbonyl (C=O) groups is 2. The number of benzene rings is 1. The van der Waals surface area contributed by atoms with E-state index in [1.165, 1.54) is 26.2 Å². The highest BCUT2D eigenvalue weighted by molar-refractivity contribution is 5.95. The number of aromatic carboxylic acids is 2. The fraction of sp³-hybridized carbons (Fsp3) is 0.286. The van der Waals surface area contributed by atoms with Gasteiger partial charge in [-0.3, -0.25) is 9.48 Å². The maximum atomic E-state index is 12.4. The van der Waals surface area contributed by atoms with Gasteiger partial charge in [0.15, 0.2) is 5.82 Å². The van der Waals surface area contributed by atoms with Crippen molar-refractivity contribution < 1.29 is 24.9 Å². The molecule has 0 spiro atoms. The van der Waals surface area contributed by atoms with Crippen LogP contribution in [-0.2, 0) is 19.5 Å². The minimum absolute atomic E-state index is 0.0110. The minimum atomic E-state index is -1.36. The molecule has 0 fully saturated rings. The molecule has 0 saturated heterocycles. The maximum absolute atomic E-state index is 12.4. The van der Waals surface area contributed by atoms with Gasteiger partial charge in [-0.2, -0.15) is 5.10 Å². The van der Waals surface area contributed by atoms with Crippen molar-refractivity contribution in [2.75, 3.05) is 0 Å². The van der Waals surface area contributed by atoms with Crippen molar-refractivity contribution >= 4 is 29.1 Å². The van der Waals surface area contributed by atoms with Crippen LogP contribution >= 0.6 is 0 Å². The third kappa shape index (κ3) is 4.04. The van der Waals surface area contributed by atoms with Crippen LogP contribution in [0.2, 0.25) is 0 Å². The molecule has 0 aliphatic carbocycles. The predicted octanol–water partition coefficient (Wildman–Crippen LogP) is 3.28. The van der Waals surface area contributed by atoms with Gasteiger partial charge in [-0.05, 0) is 23.6 Å². The standard InChI is InChI=1S/C21H21N7O6/c1-21(2,3)15-13(22-4)16(24-23-14-17(29)26(5)27(6)18(14)30)28(25-15)12-8-10(19(31)32)7-11(9-12)20(33)34/h7-9,29H,1-3,5-6H3,(H,31,32)(H,33,34). The van der Waals surface area contributed by atoms with Crippen LogP contribution in [0.1, 0.15) is 47.2 Å². The van der Waals surface area contributed by atoms with E-state index in [2.05, 4.69) is 20.2 Å². The maximum Gasteiger partial charge on any atom is 0.335 e. The molecular formula is C21H21N7O6. The molecule has 13 heteroatoms. The van der Waals surface area contributed by atoms with Crippen molar-refractivity contribution in [2.24, 2.45) is 24.3 Å². The molecule has 0 aliphatic rings. The van der Waals surface area contributed by atoms with E-state index in [4.69, 9.17) is 6.57 Å².